The highest BCUT2D eigenvalue weighted by Crippen LogP contribution is 2.12. The van der Waals surface area contributed by atoms with Gasteiger partial charge in [-0.25, -0.2) is 0 Å². The van der Waals surface area contributed by atoms with Crippen LogP contribution in [0.2, 0.25) is 5.02 Å². The Kier molecular flexibility index (Phi) is 1.75. The molecule has 12 heavy (non-hydrogen) atoms. The number of nitrogens with zero attached hydrogens (tertiary/aromatic N) is 4. The van der Waals surface area contributed by atoms with E-state index in [0.717, 1.165) is 5.69 Å². The molecule has 0 N–H and O–H groups in total. The summed E-state index contributed by atoms with van der Waals surface area (Å²) in [5.41, 5.74) is 0.806. The van der Waals surface area contributed by atoms with E-state index < -0.39 is 0 Å². The predicted molar refractivity (Wildman–Crippen MR) is 44.2 cm³/mol. The highest BCUT2D eigenvalue weighted by Gasteiger charge is 1.97. The van der Waals surface area contributed by atoms with Gasteiger partial charge in [0, 0.05) is 5.02 Å². The molecule has 0 aliphatic heterocycles. The second kappa shape index (κ2) is 2.91. The van der Waals surface area contributed by atoms with Crippen molar-refractivity contribution in [3.8, 4) is 5.69 Å². The first-order valence-corrected chi connectivity index (χ1v) is 3.73. The molecule has 1 aromatic carbocycles. The Morgan fingerprint density at radius 1 is 1.33 bits per heavy atom. The maximum absolute atomic E-state index is 5.77. The molecule has 0 saturated carbocycles. The standard InChI is InChI=1S/C7H5ClN4/c8-6-2-1-3-7(4-6)12-10-5-9-11-12/h1-5H. The van der Waals surface area contributed by atoms with E-state index in [4.69, 9.17) is 11.6 Å². The summed E-state index contributed by atoms with van der Waals surface area (Å²) in [4.78, 5) is 1.41. The number of hydrogen-bond donors (Lipinski definition) is 0. The summed E-state index contributed by atoms with van der Waals surface area (Å²) in [5.74, 6) is 0. The Morgan fingerprint density at radius 2 is 2.25 bits per heavy atom. The van der Waals surface area contributed by atoms with E-state index in [1.165, 1.54) is 11.1 Å². The zero-order valence-electron chi connectivity index (χ0n) is 6.05. The summed E-state index contributed by atoms with van der Waals surface area (Å²) < 4.78 is 0. The fraction of sp³-hybridized carbons (Fsp3) is 0. The van der Waals surface area contributed by atoms with E-state index in [-0.39, 0.29) is 0 Å². The Balaban J connectivity index is 2.48. The van der Waals surface area contributed by atoms with Crippen LogP contribution in [-0.4, -0.2) is 20.2 Å². The largest absolute Gasteiger partial charge is 0.162 e. The minimum absolute atomic E-state index is 0.657. The second-order valence-corrected chi connectivity index (χ2v) is 2.64. The fourth-order valence-electron chi connectivity index (χ4n) is 0.886. The van der Waals surface area contributed by atoms with Crippen LogP contribution in [0, 0.1) is 0 Å². The topological polar surface area (TPSA) is 43.6 Å². The number of benzene rings is 1. The molecule has 1 heterocycles. The molecule has 0 saturated heterocycles. The van der Waals surface area contributed by atoms with Crippen molar-refractivity contribution < 1.29 is 0 Å². The summed E-state index contributed by atoms with van der Waals surface area (Å²) in [6.45, 7) is 0. The Morgan fingerprint density at radius 3 is 2.92 bits per heavy atom. The Bertz CT molecular complexity index is 371. The minimum Gasteiger partial charge on any atom is -0.135 e. The van der Waals surface area contributed by atoms with Gasteiger partial charge in [-0.1, -0.05) is 17.7 Å². The summed E-state index contributed by atoms with van der Waals surface area (Å²) in [6, 6.07) is 7.25. The van der Waals surface area contributed by atoms with Crippen molar-refractivity contribution in [2.24, 2.45) is 0 Å². The van der Waals surface area contributed by atoms with Crippen molar-refractivity contribution in [2.75, 3.05) is 0 Å². The van der Waals surface area contributed by atoms with E-state index in [1.807, 2.05) is 12.1 Å². The van der Waals surface area contributed by atoms with Crippen LogP contribution in [-0.2, 0) is 0 Å². The summed E-state index contributed by atoms with van der Waals surface area (Å²) in [7, 11) is 0. The highest BCUT2D eigenvalue weighted by molar-refractivity contribution is 6.30. The van der Waals surface area contributed by atoms with E-state index in [0.29, 0.717) is 5.02 Å². The first kappa shape index (κ1) is 7.24. The molecule has 0 fully saturated rings. The Labute approximate surface area is 73.8 Å². The second-order valence-electron chi connectivity index (χ2n) is 2.21. The quantitative estimate of drug-likeness (QED) is 0.665. The third kappa shape index (κ3) is 1.29. The third-order valence-corrected chi connectivity index (χ3v) is 1.62. The molecule has 0 amide bonds. The van der Waals surface area contributed by atoms with Gasteiger partial charge < -0.3 is 0 Å². The van der Waals surface area contributed by atoms with Crippen molar-refractivity contribution in [3.63, 3.8) is 0 Å². The van der Waals surface area contributed by atoms with Crippen molar-refractivity contribution >= 4 is 11.6 Å². The van der Waals surface area contributed by atoms with Gasteiger partial charge in [0.1, 0.15) is 0 Å². The van der Waals surface area contributed by atoms with Crippen LogP contribution in [0.3, 0.4) is 0 Å². The molecule has 0 bridgehead atoms. The van der Waals surface area contributed by atoms with Crippen molar-refractivity contribution in [3.05, 3.63) is 35.6 Å². The molecule has 0 unspecified atom stereocenters. The zero-order valence-corrected chi connectivity index (χ0v) is 6.81. The number of rotatable bonds is 1. The van der Waals surface area contributed by atoms with E-state index in [9.17, 15) is 0 Å². The van der Waals surface area contributed by atoms with Gasteiger partial charge in [-0.2, -0.15) is 0 Å². The molecule has 0 atom stereocenters. The number of halogens is 1. The third-order valence-electron chi connectivity index (χ3n) is 1.39. The van der Waals surface area contributed by atoms with Gasteiger partial charge in [-0.3, -0.25) is 0 Å². The molecule has 1 aromatic heterocycles. The van der Waals surface area contributed by atoms with Gasteiger partial charge in [0.15, 0.2) is 6.33 Å². The minimum atomic E-state index is 0.657. The van der Waals surface area contributed by atoms with Crippen LogP contribution >= 0.6 is 11.6 Å². The zero-order chi connectivity index (χ0) is 8.39. The number of hydrogen-bond acceptors (Lipinski definition) is 3. The maximum Gasteiger partial charge on any atom is 0.162 e. The number of aromatic nitrogens is 4. The average Bonchev–Trinajstić information content (AvgIpc) is 2.56. The first-order valence-electron chi connectivity index (χ1n) is 3.35. The molecule has 0 aliphatic rings. The van der Waals surface area contributed by atoms with Crippen molar-refractivity contribution in [1.29, 1.82) is 0 Å². The summed E-state index contributed by atoms with van der Waals surface area (Å²) >= 11 is 5.77. The lowest BCUT2D eigenvalue weighted by molar-refractivity contribution is 0.720. The van der Waals surface area contributed by atoms with E-state index in [1.54, 1.807) is 12.1 Å². The van der Waals surface area contributed by atoms with Gasteiger partial charge in [0.05, 0.1) is 5.69 Å². The highest BCUT2D eigenvalue weighted by atomic mass is 35.5. The van der Waals surface area contributed by atoms with Gasteiger partial charge >= 0.3 is 0 Å². The maximum atomic E-state index is 5.77. The van der Waals surface area contributed by atoms with Gasteiger partial charge in [-0.15, -0.1) is 15.0 Å². The Hall–Kier alpha value is -1.42. The smallest absolute Gasteiger partial charge is 0.135 e. The molecule has 0 radical (unpaired) electrons. The predicted octanol–water partition coefficient (Wildman–Crippen LogP) is 1.32. The lowest BCUT2D eigenvalue weighted by Gasteiger charge is -1.96. The molecule has 2 aromatic rings. The first-order chi connectivity index (χ1) is 5.86. The molecule has 2 rings (SSSR count). The summed E-state index contributed by atoms with van der Waals surface area (Å²) in [6.07, 6.45) is 1.38. The van der Waals surface area contributed by atoms with E-state index >= 15 is 0 Å². The molecule has 5 heteroatoms. The molecular formula is C7H5ClN4. The van der Waals surface area contributed by atoms with Crippen LogP contribution in [0.15, 0.2) is 30.6 Å². The van der Waals surface area contributed by atoms with Crippen LogP contribution < -0.4 is 0 Å². The summed E-state index contributed by atoms with van der Waals surface area (Å²) in [5, 5.41) is 11.8. The van der Waals surface area contributed by atoms with Crippen LogP contribution in [0.25, 0.3) is 5.69 Å². The van der Waals surface area contributed by atoms with Crippen LogP contribution in [0.1, 0.15) is 0 Å². The van der Waals surface area contributed by atoms with Crippen LogP contribution in [0.5, 0.6) is 0 Å². The molecule has 0 spiro atoms. The normalized spacial score (nSPS) is 10.1. The van der Waals surface area contributed by atoms with Crippen molar-refractivity contribution in [2.45, 2.75) is 0 Å². The van der Waals surface area contributed by atoms with Gasteiger partial charge in [0.25, 0.3) is 0 Å². The van der Waals surface area contributed by atoms with Gasteiger partial charge in [0.2, 0.25) is 0 Å². The monoisotopic (exact) mass is 180 g/mol. The molecular weight excluding hydrogens is 176 g/mol. The van der Waals surface area contributed by atoms with Gasteiger partial charge in [-0.05, 0) is 23.4 Å². The molecule has 0 aliphatic carbocycles. The van der Waals surface area contributed by atoms with Crippen LogP contribution in [0.4, 0.5) is 0 Å². The SMILES string of the molecule is Clc1cccc(-n2ncnn2)c1. The molecule has 4 nitrogen and oxygen atoms in total. The lowest BCUT2D eigenvalue weighted by atomic mass is 10.3. The molecule has 60 valence electrons. The average molecular weight is 181 g/mol. The number of tetrazole rings is 1. The van der Waals surface area contributed by atoms with E-state index in [2.05, 4.69) is 15.4 Å². The fourth-order valence-corrected chi connectivity index (χ4v) is 1.07. The lowest BCUT2D eigenvalue weighted by Crippen LogP contribution is -1.97. The van der Waals surface area contributed by atoms with Crippen molar-refractivity contribution in [1.82, 2.24) is 20.2 Å².